The number of likely N-dealkylation sites (N-methyl/N-ethyl adjacent to an activating group) is 1. The van der Waals surface area contributed by atoms with Crippen LogP contribution in [0.4, 0.5) is 11.4 Å². The fraction of sp³-hybridized carbons (Fsp3) is 0.368. The molecule has 0 radical (unpaired) electrons. The molecule has 3 rings (SSSR count). The highest BCUT2D eigenvalue weighted by molar-refractivity contribution is 6.04. The summed E-state index contributed by atoms with van der Waals surface area (Å²) in [6.45, 7) is 3.86. The van der Waals surface area contributed by atoms with Crippen molar-refractivity contribution < 1.29 is 14.3 Å². The first-order valence-electron chi connectivity index (χ1n) is 8.52. The Morgan fingerprint density at radius 2 is 1.77 bits per heavy atom. The zero-order valence-electron chi connectivity index (χ0n) is 15.4. The van der Waals surface area contributed by atoms with Gasteiger partial charge in [0.05, 0.1) is 31.7 Å². The van der Waals surface area contributed by atoms with E-state index in [1.54, 1.807) is 44.8 Å². The molecule has 1 aliphatic rings. The van der Waals surface area contributed by atoms with Crippen molar-refractivity contribution in [2.75, 3.05) is 57.7 Å². The average Bonchev–Trinajstić information content (AvgIpc) is 2.68. The zero-order valence-corrected chi connectivity index (χ0v) is 15.4. The number of methoxy groups -OCH3 is 2. The predicted octanol–water partition coefficient (Wildman–Crippen LogP) is 2.10. The van der Waals surface area contributed by atoms with Gasteiger partial charge in [0.1, 0.15) is 0 Å². The second-order valence-electron chi connectivity index (χ2n) is 6.25. The highest BCUT2D eigenvalue weighted by Gasteiger charge is 2.16. The number of carbonyl (C=O) groups excluding carboxylic acids is 1. The third-order valence-corrected chi connectivity index (χ3v) is 4.50. The number of rotatable bonds is 5. The second kappa shape index (κ2) is 8.05. The van der Waals surface area contributed by atoms with Gasteiger partial charge in [0.2, 0.25) is 0 Å². The molecule has 7 heteroatoms. The van der Waals surface area contributed by atoms with Crippen molar-refractivity contribution in [2.24, 2.45) is 0 Å². The second-order valence-corrected chi connectivity index (χ2v) is 6.25. The number of hydrogen-bond donors (Lipinski definition) is 1. The number of amides is 1. The first-order chi connectivity index (χ1) is 12.6. The van der Waals surface area contributed by atoms with Gasteiger partial charge in [-0.1, -0.05) is 0 Å². The summed E-state index contributed by atoms with van der Waals surface area (Å²) in [4.78, 5) is 21.4. The normalized spacial score (nSPS) is 14.8. The number of benzene rings is 1. The van der Waals surface area contributed by atoms with Gasteiger partial charge in [0, 0.05) is 44.1 Å². The molecule has 0 spiro atoms. The number of piperazine rings is 1. The Bertz CT molecular complexity index is 773. The number of hydrogen-bond acceptors (Lipinski definition) is 6. The van der Waals surface area contributed by atoms with E-state index in [2.05, 4.69) is 27.1 Å². The lowest BCUT2D eigenvalue weighted by atomic mass is 10.2. The molecule has 0 aliphatic carbocycles. The van der Waals surface area contributed by atoms with Crippen LogP contribution < -0.4 is 19.7 Å². The third kappa shape index (κ3) is 4.05. The number of nitrogens with one attached hydrogen (secondary N) is 1. The van der Waals surface area contributed by atoms with Crippen LogP contribution in [0.5, 0.6) is 11.5 Å². The van der Waals surface area contributed by atoms with Gasteiger partial charge >= 0.3 is 0 Å². The summed E-state index contributed by atoms with van der Waals surface area (Å²) >= 11 is 0. The highest BCUT2D eigenvalue weighted by atomic mass is 16.5. The molecule has 1 aliphatic heterocycles. The van der Waals surface area contributed by atoms with Crippen LogP contribution >= 0.6 is 0 Å². The van der Waals surface area contributed by atoms with Gasteiger partial charge in [0.15, 0.2) is 11.5 Å². The fourth-order valence-electron chi connectivity index (χ4n) is 2.91. The van der Waals surface area contributed by atoms with Gasteiger partial charge in [-0.15, -0.1) is 0 Å². The quantitative estimate of drug-likeness (QED) is 0.885. The Morgan fingerprint density at radius 3 is 2.46 bits per heavy atom. The summed E-state index contributed by atoms with van der Waals surface area (Å²) in [5, 5.41) is 2.88. The van der Waals surface area contributed by atoms with Crippen LogP contribution in [-0.4, -0.2) is 63.2 Å². The van der Waals surface area contributed by atoms with Crippen molar-refractivity contribution in [1.82, 2.24) is 9.88 Å². The summed E-state index contributed by atoms with van der Waals surface area (Å²) < 4.78 is 10.5. The lowest BCUT2D eigenvalue weighted by Crippen LogP contribution is -2.44. The van der Waals surface area contributed by atoms with E-state index < -0.39 is 0 Å². The number of pyridine rings is 1. The highest BCUT2D eigenvalue weighted by Crippen LogP contribution is 2.30. The average molecular weight is 356 g/mol. The maximum Gasteiger partial charge on any atom is 0.257 e. The molecule has 1 aromatic carbocycles. The van der Waals surface area contributed by atoms with E-state index >= 15 is 0 Å². The predicted molar refractivity (Wildman–Crippen MR) is 101 cm³/mol. The minimum Gasteiger partial charge on any atom is -0.493 e. The van der Waals surface area contributed by atoms with Gasteiger partial charge in [-0.05, 0) is 25.2 Å². The van der Waals surface area contributed by atoms with Crippen LogP contribution in [-0.2, 0) is 0 Å². The Hall–Kier alpha value is -2.80. The van der Waals surface area contributed by atoms with Crippen molar-refractivity contribution in [3.05, 3.63) is 42.2 Å². The summed E-state index contributed by atoms with van der Waals surface area (Å²) in [7, 11) is 5.25. The van der Waals surface area contributed by atoms with E-state index in [1.807, 2.05) is 6.07 Å². The molecule has 26 heavy (non-hydrogen) atoms. The zero-order chi connectivity index (χ0) is 18.5. The van der Waals surface area contributed by atoms with Gasteiger partial charge in [-0.25, -0.2) is 0 Å². The van der Waals surface area contributed by atoms with Crippen molar-refractivity contribution in [1.29, 1.82) is 0 Å². The lowest BCUT2D eigenvalue weighted by Gasteiger charge is -2.33. The van der Waals surface area contributed by atoms with Gasteiger partial charge < -0.3 is 24.6 Å². The molecule has 0 unspecified atom stereocenters. The third-order valence-electron chi connectivity index (χ3n) is 4.50. The SMILES string of the molecule is COc1ccc(NC(=O)c2cncc(N3CCN(C)CC3)c2)cc1OC. The molecule has 1 fully saturated rings. The smallest absolute Gasteiger partial charge is 0.257 e. The molecule has 0 atom stereocenters. The van der Waals surface area contributed by atoms with Gasteiger partial charge in [-0.3, -0.25) is 9.78 Å². The molecule has 2 aromatic rings. The minimum atomic E-state index is -0.208. The van der Waals surface area contributed by atoms with Gasteiger partial charge in [0.25, 0.3) is 5.91 Å². The Kier molecular flexibility index (Phi) is 5.58. The molecule has 2 heterocycles. The molecule has 1 saturated heterocycles. The molecular formula is C19H24N4O3. The maximum absolute atomic E-state index is 12.6. The first kappa shape index (κ1) is 18.0. The fourth-order valence-corrected chi connectivity index (χ4v) is 2.91. The molecule has 1 amide bonds. The Morgan fingerprint density at radius 1 is 1.04 bits per heavy atom. The van der Waals surface area contributed by atoms with Crippen molar-refractivity contribution in [3.8, 4) is 11.5 Å². The largest absolute Gasteiger partial charge is 0.493 e. The van der Waals surface area contributed by atoms with E-state index in [0.29, 0.717) is 22.7 Å². The molecule has 138 valence electrons. The summed E-state index contributed by atoms with van der Waals surface area (Å²) in [6.07, 6.45) is 3.38. The molecule has 7 nitrogen and oxygen atoms in total. The van der Waals surface area contributed by atoms with E-state index in [1.165, 1.54) is 0 Å². The van der Waals surface area contributed by atoms with E-state index in [9.17, 15) is 4.79 Å². The monoisotopic (exact) mass is 356 g/mol. The number of nitrogens with zero attached hydrogens (tertiary/aromatic N) is 3. The van der Waals surface area contributed by atoms with E-state index in [-0.39, 0.29) is 5.91 Å². The Balaban J connectivity index is 1.73. The lowest BCUT2D eigenvalue weighted by molar-refractivity contribution is 0.102. The standard InChI is InChI=1S/C19H24N4O3/c1-22-6-8-23(9-7-22)16-10-14(12-20-13-16)19(24)21-15-4-5-17(25-2)18(11-15)26-3/h4-5,10-13H,6-9H2,1-3H3,(H,21,24). The van der Waals surface area contributed by atoms with E-state index in [4.69, 9.17) is 9.47 Å². The van der Waals surface area contributed by atoms with Crippen LogP contribution in [0, 0.1) is 0 Å². The van der Waals surface area contributed by atoms with Gasteiger partial charge in [-0.2, -0.15) is 0 Å². The maximum atomic E-state index is 12.6. The summed E-state index contributed by atoms with van der Waals surface area (Å²) in [5.41, 5.74) is 2.13. The van der Waals surface area contributed by atoms with Crippen molar-refractivity contribution in [3.63, 3.8) is 0 Å². The molecule has 1 N–H and O–H groups in total. The topological polar surface area (TPSA) is 66.9 Å². The first-order valence-corrected chi connectivity index (χ1v) is 8.52. The van der Waals surface area contributed by atoms with E-state index in [0.717, 1.165) is 31.9 Å². The van der Waals surface area contributed by atoms with Crippen LogP contribution in [0.15, 0.2) is 36.7 Å². The molecule has 1 aromatic heterocycles. The number of aromatic nitrogens is 1. The number of ether oxygens (including phenoxy) is 2. The van der Waals surface area contributed by atoms with Crippen molar-refractivity contribution in [2.45, 2.75) is 0 Å². The summed E-state index contributed by atoms with van der Waals surface area (Å²) in [6, 6.07) is 7.15. The molecule has 0 bridgehead atoms. The number of anilines is 2. The van der Waals surface area contributed by atoms with Crippen molar-refractivity contribution >= 4 is 17.3 Å². The van der Waals surface area contributed by atoms with Crippen LogP contribution in [0.25, 0.3) is 0 Å². The van der Waals surface area contributed by atoms with Crippen LogP contribution in [0.2, 0.25) is 0 Å². The van der Waals surface area contributed by atoms with Crippen LogP contribution in [0.3, 0.4) is 0 Å². The molecular weight excluding hydrogens is 332 g/mol. The number of carbonyl (C=O) groups is 1. The van der Waals surface area contributed by atoms with Crippen LogP contribution in [0.1, 0.15) is 10.4 Å². The minimum absolute atomic E-state index is 0.208. The molecule has 0 saturated carbocycles. The summed E-state index contributed by atoms with van der Waals surface area (Å²) in [5.74, 6) is 0.972. The Labute approximate surface area is 153 Å².